The Morgan fingerprint density at radius 2 is 1.77 bits per heavy atom. The van der Waals surface area contributed by atoms with Crippen LogP contribution in [0.5, 0.6) is 0 Å². The summed E-state index contributed by atoms with van der Waals surface area (Å²) >= 11 is 0. The summed E-state index contributed by atoms with van der Waals surface area (Å²) in [7, 11) is -4.76. The van der Waals surface area contributed by atoms with Crippen LogP contribution in [0.15, 0.2) is 48.3 Å². The third-order valence-electron chi connectivity index (χ3n) is 3.23. The number of hydrogen-bond acceptors (Lipinski definition) is 2. The first-order valence-electron chi connectivity index (χ1n) is 6.07. The molecule has 1 aromatic carbocycles. The zero-order valence-corrected chi connectivity index (χ0v) is 11.9. The van der Waals surface area contributed by atoms with Crippen LogP contribution in [0, 0.1) is 0 Å². The van der Waals surface area contributed by atoms with Crippen LogP contribution >= 0.6 is 0 Å². The number of hydrogen-bond donors (Lipinski definition) is 2. The fraction of sp³-hybridized carbons (Fsp3) is 0.231. The van der Waals surface area contributed by atoms with Crippen LogP contribution in [0.1, 0.15) is 12.0 Å². The van der Waals surface area contributed by atoms with Crippen LogP contribution in [0.2, 0.25) is 0 Å². The third kappa shape index (κ3) is 3.21. The molecule has 0 bridgehead atoms. The number of alkyl halides is 3. The normalized spacial score (nSPS) is 23.0. The van der Waals surface area contributed by atoms with Gasteiger partial charge in [-0.15, -0.1) is 0 Å². The van der Waals surface area contributed by atoms with E-state index in [9.17, 15) is 26.0 Å². The van der Waals surface area contributed by atoms with Crippen molar-refractivity contribution >= 4 is 15.8 Å². The fourth-order valence-electron chi connectivity index (χ4n) is 2.15. The van der Waals surface area contributed by atoms with Gasteiger partial charge in [0.1, 0.15) is 5.83 Å². The molecule has 1 aliphatic rings. The van der Waals surface area contributed by atoms with Crippen LogP contribution in [0.4, 0.5) is 17.6 Å². The van der Waals surface area contributed by atoms with Crippen molar-refractivity contribution < 1.29 is 26.0 Å². The summed E-state index contributed by atoms with van der Waals surface area (Å²) in [5.41, 5.74) is -2.63. The Morgan fingerprint density at radius 3 is 2.23 bits per heavy atom. The monoisotopic (exact) mass is 336 g/mol. The summed E-state index contributed by atoms with van der Waals surface area (Å²) < 4.78 is 77.0. The topological polar surface area (TPSA) is 72.2 Å². The average molecular weight is 336 g/mol. The smallest absolute Gasteiger partial charge is 0.216 e. The maximum absolute atomic E-state index is 14.2. The fourth-order valence-corrected chi connectivity index (χ4v) is 2.94. The van der Waals surface area contributed by atoms with Crippen molar-refractivity contribution in [1.29, 1.82) is 0 Å². The molecule has 2 rings (SSSR count). The van der Waals surface area contributed by atoms with Gasteiger partial charge in [0, 0.05) is 6.42 Å². The van der Waals surface area contributed by atoms with Gasteiger partial charge in [0.15, 0.2) is 5.54 Å². The minimum absolute atomic E-state index is 0.231. The van der Waals surface area contributed by atoms with Gasteiger partial charge in [0.25, 0.3) is 10.2 Å². The predicted molar refractivity (Wildman–Crippen MR) is 73.3 cm³/mol. The molecule has 0 aliphatic heterocycles. The maximum Gasteiger partial charge on any atom is 0.414 e. The van der Waals surface area contributed by atoms with E-state index in [0.29, 0.717) is 11.6 Å². The molecular formula is C13H12F4N2O2S. The second-order valence-corrected chi connectivity index (χ2v) is 6.07. The Hall–Kier alpha value is -1.71. The van der Waals surface area contributed by atoms with E-state index >= 15 is 0 Å². The Bertz CT molecular complexity index is 726. The molecule has 4 nitrogen and oxygen atoms in total. The first kappa shape index (κ1) is 16.7. The summed E-state index contributed by atoms with van der Waals surface area (Å²) in [5.74, 6) is -1.66. The highest BCUT2D eigenvalue weighted by molar-refractivity contribution is 7.87. The molecule has 0 saturated heterocycles. The SMILES string of the molecule is NS(=O)(=O)NC1(C(F)(F)F)CC=C(c2ccccc2)C=C1F. The van der Waals surface area contributed by atoms with Crippen molar-refractivity contribution in [3.05, 3.63) is 53.9 Å². The Balaban J connectivity index is 2.46. The van der Waals surface area contributed by atoms with E-state index in [1.165, 1.54) is 4.72 Å². The van der Waals surface area contributed by atoms with Gasteiger partial charge in [-0.2, -0.15) is 26.3 Å². The van der Waals surface area contributed by atoms with Gasteiger partial charge in [-0.1, -0.05) is 36.4 Å². The molecule has 0 amide bonds. The lowest BCUT2D eigenvalue weighted by Gasteiger charge is -2.35. The van der Waals surface area contributed by atoms with E-state index in [0.717, 1.165) is 6.08 Å². The lowest BCUT2D eigenvalue weighted by Crippen LogP contribution is -2.61. The Labute approximate surface area is 124 Å². The molecule has 1 atom stereocenters. The Morgan fingerprint density at radius 1 is 1.18 bits per heavy atom. The highest BCUT2D eigenvalue weighted by Gasteiger charge is 2.60. The van der Waals surface area contributed by atoms with E-state index in [4.69, 9.17) is 0 Å². The van der Waals surface area contributed by atoms with Crippen LogP contribution in [0.3, 0.4) is 0 Å². The van der Waals surface area contributed by atoms with E-state index in [1.54, 1.807) is 30.3 Å². The summed E-state index contributed by atoms with van der Waals surface area (Å²) in [4.78, 5) is 0. The minimum atomic E-state index is -5.18. The van der Waals surface area contributed by atoms with Crippen molar-refractivity contribution in [1.82, 2.24) is 4.72 Å². The minimum Gasteiger partial charge on any atom is -0.216 e. The number of halogens is 4. The third-order valence-corrected chi connectivity index (χ3v) is 3.86. The van der Waals surface area contributed by atoms with Gasteiger partial charge in [-0.3, -0.25) is 0 Å². The van der Waals surface area contributed by atoms with Crippen LogP contribution in [0.25, 0.3) is 5.57 Å². The molecule has 0 spiro atoms. The highest BCUT2D eigenvalue weighted by Crippen LogP contribution is 2.44. The summed E-state index contributed by atoms with van der Waals surface area (Å²) in [6.07, 6.45) is -4.34. The molecule has 0 aromatic heterocycles. The second-order valence-electron chi connectivity index (χ2n) is 4.77. The number of allylic oxidation sites excluding steroid dienone is 2. The molecule has 120 valence electrons. The van der Waals surface area contributed by atoms with Crippen molar-refractivity contribution in [3.63, 3.8) is 0 Å². The molecule has 0 fully saturated rings. The van der Waals surface area contributed by atoms with E-state index in [-0.39, 0.29) is 5.57 Å². The molecule has 0 heterocycles. The van der Waals surface area contributed by atoms with Gasteiger partial charge in [0.2, 0.25) is 0 Å². The van der Waals surface area contributed by atoms with Gasteiger partial charge >= 0.3 is 6.18 Å². The summed E-state index contributed by atoms with van der Waals surface area (Å²) in [6.45, 7) is 0. The van der Waals surface area contributed by atoms with Crippen LogP contribution in [-0.2, 0) is 10.2 Å². The lowest BCUT2D eigenvalue weighted by atomic mass is 9.85. The molecule has 1 aliphatic carbocycles. The van der Waals surface area contributed by atoms with Crippen molar-refractivity contribution in [2.75, 3.05) is 0 Å². The lowest BCUT2D eigenvalue weighted by molar-refractivity contribution is -0.183. The molecule has 1 unspecified atom stereocenters. The summed E-state index contributed by atoms with van der Waals surface area (Å²) in [6, 6.07) is 8.20. The molecule has 22 heavy (non-hydrogen) atoms. The summed E-state index contributed by atoms with van der Waals surface area (Å²) in [5, 5.41) is 4.60. The zero-order chi connectivity index (χ0) is 16.6. The average Bonchev–Trinajstić information content (AvgIpc) is 2.39. The quantitative estimate of drug-likeness (QED) is 0.832. The van der Waals surface area contributed by atoms with Gasteiger partial charge in [-0.25, -0.2) is 9.53 Å². The van der Waals surface area contributed by atoms with E-state index in [1.807, 2.05) is 0 Å². The van der Waals surface area contributed by atoms with Gasteiger partial charge in [-0.05, 0) is 17.2 Å². The van der Waals surface area contributed by atoms with Gasteiger partial charge < -0.3 is 0 Å². The van der Waals surface area contributed by atoms with Gasteiger partial charge in [0.05, 0.1) is 0 Å². The van der Waals surface area contributed by atoms with Crippen LogP contribution < -0.4 is 9.86 Å². The second kappa shape index (κ2) is 5.49. The first-order chi connectivity index (χ1) is 10.1. The van der Waals surface area contributed by atoms with E-state index < -0.39 is 34.2 Å². The number of nitrogens with one attached hydrogen (secondary N) is 1. The molecule has 9 heteroatoms. The highest BCUT2D eigenvalue weighted by atomic mass is 32.2. The number of benzene rings is 1. The first-order valence-corrected chi connectivity index (χ1v) is 7.61. The predicted octanol–water partition coefficient (Wildman–Crippen LogP) is 2.42. The standard InChI is InChI=1S/C13H12F4N2O2S/c14-11-8-10(9-4-2-1-3-5-9)6-7-12(11,13(15,16)17)19-22(18,20)21/h1-6,8,19H,7H2,(H2,18,20,21). The Kier molecular flexibility index (Phi) is 4.16. The molecule has 3 N–H and O–H groups in total. The van der Waals surface area contributed by atoms with Crippen LogP contribution in [-0.4, -0.2) is 20.1 Å². The van der Waals surface area contributed by atoms with Crippen molar-refractivity contribution in [2.24, 2.45) is 5.14 Å². The molecule has 1 aromatic rings. The number of nitrogens with two attached hydrogens (primary N) is 1. The maximum atomic E-state index is 14.2. The number of rotatable bonds is 3. The van der Waals surface area contributed by atoms with E-state index in [2.05, 4.69) is 5.14 Å². The largest absolute Gasteiger partial charge is 0.414 e. The molecule has 0 radical (unpaired) electrons. The van der Waals surface area contributed by atoms with Crippen molar-refractivity contribution in [3.8, 4) is 0 Å². The van der Waals surface area contributed by atoms with Crippen molar-refractivity contribution in [2.45, 2.75) is 18.1 Å². The zero-order valence-electron chi connectivity index (χ0n) is 11.1. The molecular weight excluding hydrogens is 324 g/mol. The molecule has 0 saturated carbocycles.